The van der Waals surface area contributed by atoms with Gasteiger partial charge in [0, 0.05) is 6.42 Å². The van der Waals surface area contributed by atoms with Crippen molar-refractivity contribution in [2.24, 2.45) is 0 Å². The van der Waals surface area contributed by atoms with E-state index in [-0.39, 0.29) is 37.4 Å². The number of carbonyl (C=O) groups is 1. The van der Waals surface area contributed by atoms with Gasteiger partial charge in [0.25, 0.3) is 0 Å². The van der Waals surface area contributed by atoms with Crippen LogP contribution in [0, 0.1) is 0 Å². The molecule has 0 unspecified atom stereocenters. The van der Waals surface area contributed by atoms with Crippen LogP contribution >= 0.6 is 0 Å². The molecule has 0 aliphatic carbocycles. The Morgan fingerprint density at radius 3 is 1.72 bits per heavy atom. The van der Waals surface area contributed by atoms with Gasteiger partial charge < -0.3 is 6.53 Å². The summed E-state index contributed by atoms with van der Waals surface area (Å²) in [7, 11) is 0. The summed E-state index contributed by atoms with van der Waals surface area (Å²) in [6, 6.07) is 35.7. The van der Waals surface area contributed by atoms with Crippen LogP contribution < -0.4 is 29.6 Å². The van der Waals surface area contributed by atoms with Crippen molar-refractivity contribution in [3.05, 3.63) is 109 Å². The summed E-state index contributed by atoms with van der Waals surface area (Å²) in [6.45, 7) is 0. The van der Waals surface area contributed by atoms with Crippen LogP contribution in [0.5, 0.6) is 0 Å². The minimum absolute atomic E-state index is 0. The molecule has 32 heavy (non-hydrogen) atoms. The second kappa shape index (κ2) is 9.70. The Kier molecular flexibility index (Phi) is 6.76. The molecule has 0 radical (unpaired) electrons. The number of aryl methyl sites for hydroxylation is 1. The molecule has 0 saturated carbocycles. The number of hydrogen-bond donors (Lipinski definition) is 1. The van der Waals surface area contributed by atoms with Crippen LogP contribution in [0.15, 0.2) is 103 Å². The maximum absolute atomic E-state index is 11.4. The van der Waals surface area contributed by atoms with E-state index in [4.69, 9.17) is 0 Å². The Bertz CT molecular complexity index is 1400. The van der Waals surface area contributed by atoms with E-state index in [1.54, 1.807) is 0 Å². The molecular weight excluding hydrogens is 403 g/mol. The second-order valence-corrected chi connectivity index (χ2v) is 7.76. The summed E-state index contributed by atoms with van der Waals surface area (Å²) >= 11 is 0. The minimum atomic E-state index is -0.776. The molecule has 0 bridgehead atoms. The predicted octanol–water partition coefficient (Wildman–Crippen LogP) is 4.46. The molecule has 0 aliphatic rings. The van der Waals surface area contributed by atoms with Crippen molar-refractivity contribution < 1.29 is 40.9 Å². The third-order valence-corrected chi connectivity index (χ3v) is 5.87. The zero-order chi connectivity index (χ0) is 21.2. The van der Waals surface area contributed by atoms with Crippen LogP contribution in [0.3, 0.4) is 0 Å². The van der Waals surface area contributed by atoms with Crippen molar-refractivity contribution in [1.29, 1.82) is 0 Å². The van der Waals surface area contributed by atoms with E-state index in [2.05, 4.69) is 91.0 Å². The molecule has 3 heteroatoms. The Hall–Kier alpha value is -2.91. The first-order chi connectivity index (χ1) is 15.2. The molecule has 0 saturated heterocycles. The van der Waals surface area contributed by atoms with Crippen LogP contribution in [0.1, 0.15) is 13.4 Å². The van der Waals surface area contributed by atoms with Crippen molar-refractivity contribution in [2.45, 2.75) is 12.8 Å². The SMILES string of the molecule is O=C(O)CCc1cccc2c(-c3ccccc3)c3ccccc3c(-c3ccccc3)c12.[H-].[Na+]. The fourth-order valence-electron chi connectivity index (χ4n) is 4.57. The average Bonchev–Trinajstić information content (AvgIpc) is 2.82. The fraction of sp³-hybridized carbons (Fsp3) is 0.0690. The summed E-state index contributed by atoms with van der Waals surface area (Å²) in [4.78, 5) is 11.4. The van der Waals surface area contributed by atoms with Gasteiger partial charge in [0.2, 0.25) is 0 Å². The van der Waals surface area contributed by atoms with E-state index < -0.39 is 5.97 Å². The Morgan fingerprint density at radius 1 is 0.625 bits per heavy atom. The van der Waals surface area contributed by atoms with Gasteiger partial charge in [-0.2, -0.15) is 0 Å². The molecule has 0 aliphatic heterocycles. The fourth-order valence-corrected chi connectivity index (χ4v) is 4.57. The first-order valence-electron chi connectivity index (χ1n) is 10.5. The van der Waals surface area contributed by atoms with Gasteiger partial charge in [0.05, 0.1) is 0 Å². The molecule has 0 atom stereocenters. The van der Waals surface area contributed by atoms with E-state index >= 15 is 0 Å². The van der Waals surface area contributed by atoms with E-state index in [0.717, 1.165) is 21.9 Å². The van der Waals surface area contributed by atoms with E-state index in [1.165, 1.54) is 27.5 Å². The monoisotopic (exact) mass is 426 g/mol. The molecule has 1 N–H and O–H groups in total. The zero-order valence-electron chi connectivity index (χ0n) is 19.1. The summed E-state index contributed by atoms with van der Waals surface area (Å²) < 4.78 is 0. The molecule has 0 heterocycles. The number of rotatable bonds is 5. The first-order valence-corrected chi connectivity index (χ1v) is 10.5. The van der Waals surface area contributed by atoms with Gasteiger partial charge in [-0.3, -0.25) is 4.79 Å². The molecular formula is C29H23NaO2. The Labute approximate surface area is 211 Å². The largest absolute Gasteiger partial charge is 1.00 e. The third kappa shape index (κ3) is 4.10. The van der Waals surface area contributed by atoms with Gasteiger partial charge >= 0.3 is 35.5 Å². The number of carboxylic acid groups (broad SMARTS) is 1. The Balaban J connectivity index is 0.00000153. The standard InChI is InChI=1S/C29H22O2.Na.H/c30-26(31)19-18-22-14-9-17-25-27(20-10-3-1-4-11-20)23-15-7-8-16-24(23)28(29(22)25)21-12-5-2-6-13-21;;/h1-17H,18-19H2,(H,30,31);;/q;+1;-1. The van der Waals surface area contributed by atoms with Crippen LogP contribution in [-0.2, 0) is 11.2 Å². The molecule has 152 valence electrons. The third-order valence-electron chi connectivity index (χ3n) is 5.87. The number of aliphatic carboxylic acids is 1. The van der Waals surface area contributed by atoms with Crippen molar-refractivity contribution in [2.75, 3.05) is 0 Å². The maximum atomic E-state index is 11.4. The number of hydrogen-bond acceptors (Lipinski definition) is 1. The van der Waals surface area contributed by atoms with Gasteiger partial charge in [-0.05, 0) is 55.8 Å². The van der Waals surface area contributed by atoms with Crippen LogP contribution in [-0.4, -0.2) is 11.1 Å². The number of fused-ring (bicyclic) bond motifs is 2. The minimum Gasteiger partial charge on any atom is -1.00 e. The second-order valence-electron chi connectivity index (χ2n) is 7.76. The van der Waals surface area contributed by atoms with Crippen LogP contribution in [0.4, 0.5) is 0 Å². The molecule has 0 amide bonds. The topological polar surface area (TPSA) is 37.3 Å². The van der Waals surface area contributed by atoms with Crippen molar-refractivity contribution in [3.63, 3.8) is 0 Å². The van der Waals surface area contributed by atoms with Crippen molar-refractivity contribution >= 4 is 27.5 Å². The quantitative estimate of drug-likeness (QED) is 0.333. The summed E-state index contributed by atoms with van der Waals surface area (Å²) in [5.74, 6) is -0.776. The van der Waals surface area contributed by atoms with E-state index in [1.807, 2.05) is 12.1 Å². The van der Waals surface area contributed by atoms with Crippen LogP contribution in [0.2, 0.25) is 0 Å². The molecule has 5 rings (SSSR count). The predicted molar refractivity (Wildman–Crippen MR) is 129 cm³/mol. The average molecular weight is 426 g/mol. The summed E-state index contributed by atoms with van der Waals surface area (Å²) in [6.07, 6.45) is 0.611. The van der Waals surface area contributed by atoms with Crippen molar-refractivity contribution in [3.8, 4) is 22.3 Å². The first kappa shape index (κ1) is 22.3. The van der Waals surface area contributed by atoms with Gasteiger partial charge in [-0.1, -0.05) is 103 Å². The molecule has 2 nitrogen and oxygen atoms in total. The van der Waals surface area contributed by atoms with Gasteiger partial charge in [-0.25, -0.2) is 0 Å². The van der Waals surface area contributed by atoms with Gasteiger partial charge in [-0.15, -0.1) is 0 Å². The summed E-state index contributed by atoms with van der Waals surface area (Å²) in [5, 5.41) is 14.0. The van der Waals surface area contributed by atoms with E-state index in [9.17, 15) is 9.90 Å². The van der Waals surface area contributed by atoms with Crippen LogP contribution in [0.25, 0.3) is 43.8 Å². The smallest absolute Gasteiger partial charge is 1.00 e. The summed E-state index contributed by atoms with van der Waals surface area (Å²) in [5.41, 5.74) is 5.75. The molecule has 5 aromatic carbocycles. The maximum Gasteiger partial charge on any atom is 1.00 e. The molecule has 5 aromatic rings. The molecule has 0 fully saturated rings. The number of carboxylic acids is 1. The molecule has 0 aromatic heterocycles. The van der Waals surface area contributed by atoms with Crippen molar-refractivity contribution in [1.82, 2.24) is 0 Å². The normalized spacial score (nSPS) is 10.8. The van der Waals surface area contributed by atoms with Gasteiger partial charge in [0.15, 0.2) is 0 Å². The van der Waals surface area contributed by atoms with E-state index in [0.29, 0.717) is 6.42 Å². The zero-order valence-corrected chi connectivity index (χ0v) is 20.1. The Morgan fingerprint density at radius 2 is 1.12 bits per heavy atom. The molecule has 0 spiro atoms. The van der Waals surface area contributed by atoms with Gasteiger partial charge in [0.1, 0.15) is 0 Å². The number of benzene rings is 5.